The highest BCUT2D eigenvalue weighted by atomic mass is 32.1. The van der Waals surface area contributed by atoms with Crippen molar-refractivity contribution in [3.8, 4) is 0 Å². The van der Waals surface area contributed by atoms with Crippen LogP contribution in [0.5, 0.6) is 0 Å². The molecule has 0 bridgehead atoms. The van der Waals surface area contributed by atoms with Gasteiger partial charge in [-0.25, -0.2) is 10.2 Å². The normalized spacial score (nSPS) is 11.5. The van der Waals surface area contributed by atoms with Crippen molar-refractivity contribution in [2.75, 3.05) is 0 Å². The molecule has 1 heterocycles. The molecule has 1 aromatic heterocycles. The van der Waals surface area contributed by atoms with Crippen LogP contribution in [0.1, 0.15) is 22.2 Å². The molecular weight excluding hydrogens is 198 g/mol. The molecular formula is C9H13N3OS. The minimum Gasteiger partial charge on any atom is -0.350 e. The van der Waals surface area contributed by atoms with E-state index in [2.05, 4.69) is 17.5 Å². The Labute approximate surface area is 86.8 Å². The smallest absolute Gasteiger partial charge is 0.332 e. The second-order valence-electron chi connectivity index (χ2n) is 3.02. The topological polar surface area (TPSA) is 67.5 Å². The molecule has 14 heavy (non-hydrogen) atoms. The van der Waals surface area contributed by atoms with Gasteiger partial charge in [-0.3, -0.25) is 0 Å². The fourth-order valence-corrected chi connectivity index (χ4v) is 1.92. The molecule has 1 aromatic rings. The number of primary amides is 1. The lowest BCUT2D eigenvalue weighted by molar-refractivity contribution is 0.249. The zero-order valence-corrected chi connectivity index (χ0v) is 9.23. The second-order valence-corrected chi connectivity index (χ2v) is 4.28. The van der Waals surface area contributed by atoms with Gasteiger partial charge in [-0.05, 0) is 32.4 Å². The summed E-state index contributed by atoms with van der Waals surface area (Å²) in [7, 11) is 0. The van der Waals surface area contributed by atoms with Crippen LogP contribution >= 0.6 is 11.3 Å². The first-order valence-electron chi connectivity index (χ1n) is 4.18. The number of hydrazone groups is 1. The number of amides is 2. The van der Waals surface area contributed by atoms with Crippen LogP contribution < -0.4 is 11.2 Å². The molecule has 4 nitrogen and oxygen atoms in total. The summed E-state index contributed by atoms with van der Waals surface area (Å²) in [5.41, 5.74) is 9.11. The fraction of sp³-hybridized carbons (Fsp3) is 0.333. The third-order valence-electron chi connectivity index (χ3n) is 1.86. The van der Waals surface area contributed by atoms with Crippen LogP contribution in [0.3, 0.4) is 0 Å². The van der Waals surface area contributed by atoms with Crippen LogP contribution in [-0.2, 0) is 0 Å². The number of hydrogen-bond donors (Lipinski definition) is 2. The predicted octanol–water partition coefficient (Wildman–Crippen LogP) is 1.76. The highest BCUT2D eigenvalue weighted by molar-refractivity contribution is 7.14. The molecule has 0 aliphatic carbocycles. The molecule has 0 fully saturated rings. The van der Waals surface area contributed by atoms with Crippen molar-refractivity contribution >= 4 is 23.1 Å². The Morgan fingerprint density at radius 2 is 2.21 bits per heavy atom. The first-order chi connectivity index (χ1) is 6.50. The summed E-state index contributed by atoms with van der Waals surface area (Å²) in [6, 6.07) is 1.40. The number of thiophene rings is 1. The molecule has 0 saturated heterocycles. The highest BCUT2D eigenvalue weighted by Crippen LogP contribution is 2.20. The SMILES string of the molecule is C/C(=N\NC(N)=O)c1cc(C)c(C)s1. The number of hydrogen-bond acceptors (Lipinski definition) is 3. The van der Waals surface area contributed by atoms with Crippen molar-refractivity contribution in [3.05, 3.63) is 21.4 Å². The molecule has 0 aliphatic rings. The Bertz CT molecular complexity index is 362. The second kappa shape index (κ2) is 4.23. The van der Waals surface area contributed by atoms with Crippen LogP contribution in [0.25, 0.3) is 0 Å². The van der Waals surface area contributed by atoms with Crippen molar-refractivity contribution in [2.45, 2.75) is 20.8 Å². The average Bonchev–Trinajstić information content (AvgIpc) is 2.43. The summed E-state index contributed by atoms with van der Waals surface area (Å²) >= 11 is 1.65. The van der Waals surface area contributed by atoms with E-state index in [-0.39, 0.29) is 0 Å². The van der Waals surface area contributed by atoms with Gasteiger partial charge < -0.3 is 5.73 Å². The largest absolute Gasteiger partial charge is 0.350 e. The number of nitrogens with two attached hydrogens (primary N) is 1. The summed E-state index contributed by atoms with van der Waals surface area (Å²) in [5, 5.41) is 3.85. The minimum absolute atomic E-state index is 0.644. The number of aryl methyl sites for hydroxylation is 2. The van der Waals surface area contributed by atoms with Crippen molar-refractivity contribution < 1.29 is 4.79 Å². The van der Waals surface area contributed by atoms with Crippen molar-refractivity contribution in [3.63, 3.8) is 0 Å². The molecule has 0 aliphatic heterocycles. The van der Waals surface area contributed by atoms with E-state index in [9.17, 15) is 4.79 Å². The third kappa shape index (κ3) is 2.56. The maximum Gasteiger partial charge on any atom is 0.332 e. The summed E-state index contributed by atoms with van der Waals surface area (Å²) in [4.78, 5) is 12.7. The van der Waals surface area contributed by atoms with Gasteiger partial charge in [0.05, 0.1) is 10.6 Å². The van der Waals surface area contributed by atoms with Gasteiger partial charge in [0.15, 0.2) is 0 Å². The Morgan fingerprint density at radius 1 is 1.57 bits per heavy atom. The first-order valence-corrected chi connectivity index (χ1v) is 4.99. The summed E-state index contributed by atoms with van der Waals surface area (Å²) in [6.07, 6.45) is 0. The van der Waals surface area contributed by atoms with Gasteiger partial charge in [-0.15, -0.1) is 11.3 Å². The van der Waals surface area contributed by atoms with E-state index in [1.54, 1.807) is 11.3 Å². The van der Waals surface area contributed by atoms with Crippen molar-refractivity contribution in [1.82, 2.24) is 5.43 Å². The number of carbonyl (C=O) groups excluding carboxylic acids is 1. The Kier molecular flexibility index (Phi) is 3.24. The van der Waals surface area contributed by atoms with Gasteiger partial charge in [0.25, 0.3) is 0 Å². The molecule has 0 saturated carbocycles. The van der Waals surface area contributed by atoms with Crippen LogP contribution in [0, 0.1) is 13.8 Å². The van der Waals surface area contributed by atoms with Crippen LogP contribution in [0.4, 0.5) is 4.79 Å². The maximum atomic E-state index is 10.4. The number of nitrogens with one attached hydrogen (secondary N) is 1. The molecule has 0 unspecified atom stereocenters. The van der Waals surface area contributed by atoms with Crippen molar-refractivity contribution in [2.24, 2.45) is 10.8 Å². The Balaban J connectivity index is 2.83. The monoisotopic (exact) mass is 211 g/mol. The fourth-order valence-electron chi connectivity index (χ4n) is 0.946. The van der Waals surface area contributed by atoms with Gasteiger partial charge >= 0.3 is 6.03 Å². The van der Waals surface area contributed by atoms with Gasteiger partial charge in [-0.2, -0.15) is 5.10 Å². The van der Waals surface area contributed by atoms with E-state index < -0.39 is 6.03 Å². The number of rotatable bonds is 2. The standard InChI is InChI=1S/C9H13N3OS/c1-5-4-8(14-7(5)3)6(2)11-12-9(10)13/h4H,1-3H3,(H3,10,12,13)/b11-6+. The molecule has 2 amide bonds. The Hall–Kier alpha value is -1.36. The van der Waals surface area contributed by atoms with Gasteiger partial charge in [0.1, 0.15) is 0 Å². The van der Waals surface area contributed by atoms with Gasteiger partial charge in [0, 0.05) is 4.88 Å². The Morgan fingerprint density at radius 3 is 2.64 bits per heavy atom. The molecule has 0 spiro atoms. The van der Waals surface area contributed by atoms with E-state index in [0.717, 1.165) is 10.6 Å². The van der Waals surface area contributed by atoms with Crippen molar-refractivity contribution in [1.29, 1.82) is 0 Å². The van der Waals surface area contributed by atoms with Crippen LogP contribution in [-0.4, -0.2) is 11.7 Å². The number of urea groups is 1. The lowest BCUT2D eigenvalue weighted by Crippen LogP contribution is -2.25. The quantitative estimate of drug-likeness (QED) is 0.568. The molecule has 0 radical (unpaired) electrons. The maximum absolute atomic E-state index is 10.4. The predicted molar refractivity (Wildman–Crippen MR) is 58.7 cm³/mol. The van der Waals surface area contributed by atoms with Gasteiger partial charge in [0.2, 0.25) is 0 Å². The van der Waals surface area contributed by atoms with E-state index in [1.807, 2.05) is 19.9 Å². The highest BCUT2D eigenvalue weighted by Gasteiger charge is 2.04. The number of nitrogens with zero attached hydrogens (tertiary/aromatic N) is 1. The summed E-state index contributed by atoms with van der Waals surface area (Å²) < 4.78 is 0. The summed E-state index contributed by atoms with van der Waals surface area (Å²) in [6.45, 7) is 5.93. The molecule has 76 valence electrons. The van der Waals surface area contributed by atoms with Crippen LogP contribution in [0.15, 0.2) is 11.2 Å². The molecule has 3 N–H and O–H groups in total. The summed E-state index contributed by atoms with van der Waals surface area (Å²) in [5.74, 6) is 0. The van der Waals surface area contributed by atoms with Crippen LogP contribution in [0.2, 0.25) is 0 Å². The average molecular weight is 211 g/mol. The van der Waals surface area contributed by atoms with E-state index in [4.69, 9.17) is 5.73 Å². The molecule has 0 aromatic carbocycles. The molecule has 0 atom stereocenters. The molecule has 5 heteroatoms. The zero-order chi connectivity index (χ0) is 10.7. The van der Waals surface area contributed by atoms with Gasteiger partial charge in [-0.1, -0.05) is 0 Å². The van der Waals surface area contributed by atoms with E-state index in [0.29, 0.717) is 0 Å². The zero-order valence-electron chi connectivity index (χ0n) is 8.42. The van der Waals surface area contributed by atoms with E-state index in [1.165, 1.54) is 10.4 Å². The molecule has 1 rings (SSSR count). The number of carbonyl (C=O) groups is 1. The first kappa shape index (κ1) is 10.7. The lowest BCUT2D eigenvalue weighted by Gasteiger charge is -1.95. The lowest BCUT2D eigenvalue weighted by atomic mass is 10.2. The minimum atomic E-state index is -0.644. The third-order valence-corrected chi connectivity index (χ3v) is 3.12. The van der Waals surface area contributed by atoms with E-state index >= 15 is 0 Å².